The normalized spacial score (nSPS) is 20.7. The number of hydrogen-bond donors (Lipinski definition) is 3. The molecular formula is C14H28N2O2. The largest absolute Gasteiger partial charge is 0.394 e. The van der Waals surface area contributed by atoms with Crippen molar-refractivity contribution in [3.8, 4) is 0 Å². The topological polar surface area (TPSA) is 61.4 Å². The summed E-state index contributed by atoms with van der Waals surface area (Å²) < 4.78 is 0. The average molecular weight is 256 g/mol. The lowest BCUT2D eigenvalue weighted by Gasteiger charge is -2.37. The molecule has 1 aliphatic heterocycles. The fourth-order valence-electron chi connectivity index (χ4n) is 2.72. The van der Waals surface area contributed by atoms with E-state index in [4.69, 9.17) is 0 Å². The first-order valence-corrected chi connectivity index (χ1v) is 7.18. The Morgan fingerprint density at radius 1 is 1.39 bits per heavy atom. The van der Waals surface area contributed by atoms with Crippen molar-refractivity contribution in [2.75, 3.05) is 19.7 Å². The van der Waals surface area contributed by atoms with Gasteiger partial charge in [-0.15, -0.1) is 0 Å². The summed E-state index contributed by atoms with van der Waals surface area (Å²) in [6, 6.07) is -0.124. The quantitative estimate of drug-likeness (QED) is 0.671. The molecule has 0 bridgehead atoms. The highest BCUT2D eigenvalue weighted by Crippen LogP contribution is 2.34. The van der Waals surface area contributed by atoms with E-state index in [0.717, 1.165) is 38.8 Å². The minimum absolute atomic E-state index is 0.0177. The van der Waals surface area contributed by atoms with E-state index in [1.165, 1.54) is 0 Å². The van der Waals surface area contributed by atoms with Crippen LogP contribution in [0.3, 0.4) is 0 Å². The Kier molecular flexibility index (Phi) is 6.09. The van der Waals surface area contributed by atoms with E-state index in [2.05, 4.69) is 17.6 Å². The van der Waals surface area contributed by atoms with E-state index in [1.807, 2.05) is 13.8 Å². The van der Waals surface area contributed by atoms with Gasteiger partial charge in [0.05, 0.1) is 18.1 Å². The lowest BCUT2D eigenvalue weighted by molar-refractivity contribution is -0.134. The van der Waals surface area contributed by atoms with Crippen LogP contribution in [0.5, 0.6) is 0 Å². The van der Waals surface area contributed by atoms with Gasteiger partial charge in [0.1, 0.15) is 0 Å². The second-order valence-corrected chi connectivity index (χ2v) is 5.79. The van der Waals surface area contributed by atoms with Crippen molar-refractivity contribution in [2.45, 2.75) is 52.5 Å². The van der Waals surface area contributed by atoms with Gasteiger partial charge in [-0.1, -0.05) is 27.2 Å². The molecule has 0 radical (unpaired) electrons. The second kappa shape index (κ2) is 7.10. The molecule has 106 valence electrons. The van der Waals surface area contributed by atoms with Crippen molar-refractivity contribution in [3.63, 3.8) is 0 Å². The summed E-state index contributed by atoms with van der Waals surface area (Å²) in [4.78, 5) is 12.5. The molecule has 1 fully saturated rings. The fraction of sp³-hybridized carbons (Fsp3) is 0.929. The molecule has 1 saturated heterocycles. The molecule has 0 aromatic rings. The average Bonchev–Trinajstić information content (AvgIpc) is 2.36. The van der Waals surface area contributed by atoms with Crippen molar-refractivity contribution in [3.05, 3.63) is 0 Å². The Morgan fingerprint density at radius 2 is 2.00 bits per heavy atom. The number of aliphatic hydroxyl groups is 1. The standard InChI is InChI=1S/C14H28N2O2/c1-4-5-14(6-8-15-9-7-14)13(18)16-12(10-17)11(2)3/h11-12,15,17H,4-10H2,1-3H3,(H,16,18). The number of nitrogens with one attached hydrogen (secondary N) is 2. The highest BCUT2D eigenvalue weighted by Gasteiger charge is 2.39. The van der Waals surface area contributed by atoms with Crippen LogP contribution in [0.2, 0.25) is 0 Å². The zero-order valence-electron chi connectivity index (χ0n) is 12.0. The molecule has 1 unspecified atom stereocenters. The number of carbonyl (C=O) groups is 1. The molecular weight excluding hydrogens is 228 g/mol. The molecule has 3 N–H and O–H groups in total. The minimum Gasteiger partial charge on any atom is -0.394 e. The molecule has 0 aromatic carbocycles. The summed E-state index contributed by atoms with van der Waals surface area (Å²) in [5.74, 6) is 0.401. The van der Waals surface area contributed by atoms with Crippen LogP contribution in [0.4, 0.5) is 0 Å². The zero-order valence-corrected chi connectivity index (χ0v) is 12.0. The van der Waals surface area contributed by atoms with Gasteiger partial charge in [0, 0.05) is 0 Å². The van der Waals surface area contributed by atoms with Crippen molar-refractivity contribution in [1.82, 2.24) is 10.6 Å². The Bertz CT molecular complexity index is 255. The predicted octanol–water partition coefficient (Wildman–Crippen LogP) is 1.29. The number of hydrogen-bond acceptors (Lipinski definition) is 3. The van der Waals surface area contributed by atoms with Crippen molar-refractivity contribution >= 4 is 5.91 Å². The van der Waals surface area contributed by atoms with Crippen LogP contribution < -0.4 is 10.6 Å². The van der Waals surface area contributed by atoms with Gasteiger partial charge in [-0.3, -0.25) is 4.79 Å². The van der Waals surface area contributed by atoms with Crippen LogP contribution in [0.25, 0.3) is 0 Å². The number of piperidine rings is 1. The Hall–Kier alpha value is -0.610. The second-order valence-electron chi connectivity index (χ2n) is 5.79. The van der Waals surface area contributed by atoms with Gasteiger partial charge in [-0.05, 0) is 38.3 Å². The predicted molar refractivity (Wildman–Crippen MR) is 73.3 cm³/mol. The maximum atomic E-state index is 12.5. The van der Waals surface area contributed by atoms with E-state index in [-0.39, 0.29) is 29.9 Å². The maximum Gasteiger partial charge on any atom is 0.226 e. The molecule has 4 heteroatoms. The van der Waals surface area contributed by atoms with Crippen LogP contribution in [-0.2, 0) is 4.79 Å². The maximum absolute atomic E-state index is 12.5. The van der Waals surface area contributed by atoms with E-state index >= 15 is 0 Å². The van der Waals surface area contributed by atoms with E-state index in [0.29, 0.717) is 0 Å². The molecule has 1 atom stereocenters. The number of aliphatic hydroxyl groups excluding tert-OH is 1. The molecule has 0 aliphatic carbocycles. The number of rotatable bonds is 6. The number of amides is 1. The Morgan fingerprint density at radius 3 is 2.44 bits per heavy atom. The summed E-state index contributed by atoms with van der Waals surface area (Å²) >= 11 is 0. The van der Waals surface area contributed by atoms with Crippen LogP contribution in [-0.4, -0.2) is 36.8 Å². The van der Waals surface area contributed by atoms with Crippen LogP contribution >= 0.6 is 0 Å². The van der Waals surface area contributed by atoms with E-state index in [9.17, 15) is 9.90 Å². The molecule has 1 aliphatic rings. The van der Waals surface area contributed by atoms with Gasteiger partial charge < -0.3 is 15.7 Å². The molecule has 4 nitrogen and oxygen atoms in total. The van der Waals surface area contributed by atoms with Crippen molar-refractivity contribution in [2.24, 2.45) is 11.3 Å². The summed E-state index contributed by atoms with van der Waals surface area (Å²) in [5, 5.41) is 15.7. The van der Waals surface area contributed by atoms with Gasteiger partial charge in [-0.2, -0.15) is 0 Å². The summed E-state index contributed by atoms with van der Waals surface area (Å²) in [6.45, 7) is 8.02. The molecule has 1 heterocycles. The lowest BCUT2D eigenvalue weighted by Crippen LogP contribution is -2.52. The first kappa shape index (κ1) is 15.4. The summed E-state index contributed by atoms with van der Waals surface area (Å²) in [7, 11) is 0. The Balaban J connectivity index is 2.70. The fourth-order valence-corrected chi connectivity index (χ4v) is 2.72. The molecule has 18 heavy (non-hydrogen) atoms. The monoisotopic (exact) mass is 256 g/mol. The van der Waals surface area contributed by atoms with Crippen LogP contribution in [0.15, 0.2) is 0 Å². The molecule has 0 spiro atoms. The first-order valence-electron chi connectivity index (χ1n) is 7.18. The molecule has 1 amide bonds. The SMILES string of the molecule is CCCC1(C(=O)NC(CO)C(C)C)CCNCC1. The third-order valence-corrected chi connectivity index (χ3v) is 4.09. The van der Waals surface area contributed by atoms with Crippen molar-refractivity contribution < 1.29 is 9.90 Å². The van der Waals surface area contributed by atoms with Crippen LogP contribution in [0, 0.1) is 11.3 Å². The minimum atomic E-state index is -0.220. The zero-order chi connectivity index (χ0) is 13.6. The van der Waals surface area contributed by atoms with Gasteiger partial charge in [0.2, 0.25) is 5.91 Å². The van der Waals surface area contributed by atoms with E-state index < -0.39 is 0 Å². The van der Waals surface area contributed by atoms with Gasteiger partial charge in [0.15, 0.2) is 0 Å². The molecule has 1 rings (SSSR count). The first-order chi connectivity index (χ1) is 8.55. The lowest BCUT2D eigenvalue weighted by atomic mass is 9.74. The highest BCUT2D eigenvalue weighted by molar-refractivity contribution is 5.83. The third kappa shape index (κ3) is 3.69. The van der Waals surface area contributed by atoms with Crippen molar-refractivity contribution in [1.29, 1.82) is 0 Å². The highest BCUT2D eigenvalue weighted by atomic mass is 16.3. The van der Waals surface area contributed by atoms with Gasteiger partial charge in [0.25, 0.3) is 0 Å². The number of carbonyl (C=O) groups excluding carboxylic acids is 1. The molecule has 0 aromatic heterocycles. The summed E-state index contributed by atoms with van der Waals surface area (Å²) in [5.41, 5.74) is -0.220. The Labute approximate surface area is 111 Å². The summed E-state index contributed by atoms with van der Waals surface area (Å²) in [6.07, 6.45) is 3.78. The smallest absolute Gasteiger partial charge is 0.226 e. The third-order valence-electron chi connectivity index (χ3n) is 4.09. The van der Waals surface area contributed by atoms with Gasteiger partial charge >= 0.3 is 0 Å². The van der Waals surface area contributed by atoms with Gasteiger partial charge in [-0.25, -0.2) is 0 Å². The molecule has 0 saturated carbocycles. The van der Waals surface area contributed by atoms with E-state index in [1.54, 1.807) is 0 Å². The van der Waals surface area contributed by atoms with Crippen LogP contribution in [0.1, 0.15) is 46.5 Å².